The van der Waals surface area contributed by atoms with Crippen LogP contribution in [-0.2, 0) is 4.79 Å². The molecule has 0 spiro atoms. The van der Waals surface area contributed by atoms with Crippen LogP contribution < -0.4 is 0 Å². The molecule has 2 aromatic rings. The Bertz CT molecular complexity index is 649. The number of hydrogen-bond donors (Lipinski definition) is 0. The number of halogens is 2. The quantitative estimate of drug-likeness (QED) is 0.811. The molecule has 1 aromatic carbocycles. The van der Waals surface area contributed by atoms with Crippen LogP contribution in [0.1, 0.15) is 31.1 Å². The molecule has 0 fully saturated rings. The van der Waals surface area contributed by atoms with Gasteiger partial charge in [0.05, 0.1) is 16.4 Å². The highest BCUT2D eigenvalue weighted by atomic mass is 35.5. The Morgan fingerprint density at radius 3 is 2.55 bits per heavy atom. The molecule has 0 aliphatic rings. The van der Waals surface area contributed by atoms with Gasteiger partial charge >= 0.3 is 0 Å². The fraction of sp³-hybridized carbons (Fsp3) is 0.429. The van der Waals surface area contributed by atoms with E-state index in [0.29, 0.717) is 10.8 Å². The topological polar surface area (TPSA) is 38.1 Å². The van der Waals surface area contributed by atoms with Gasteiger partial charge in [-0.3, -0.25) is 4.79 Å². The van der Waals surface area contributed by atoms with Crippen molar-refractivity contribution < 1.29 is 4.79 Å². The fourth-order valence-electron chi connectivity index (χ4n) is 2.26. The molecule has 20 heavy (non-hydrogen) atoms. The van der Waals surface area contributed by atoms with E-state index in [2.05, 4.69) is 4.98 Å². The first kappa shape index (κ1) is 15.1. The molecule has 2 rings (SSSR count). The van der Waals surface area contributed by atoms with E-state index in [-0.39, 0.29) is 17.3 Å². The summed E-state index contributed by atoms with van der Waals surface area (Å²) in [6.45, 7) is 3.69. The highest BCUT2D eigenvalue weighted by molar-refractivity contribution is 6.31. The molecule has 1 heterocycles. The van der Waals surface area contributed by atoms with E-state index in [1.165, 1.54) is 0 Å². The van der Waals surface area contributed by atoms with Crippen molar-refractivity contribution in [3.8, 4) is 0 Å². The first-order valence-electron chi connectivity index (χ1n) is 6.35. The fourth-order valence-corrected chi connectivity index (χ4v) is 2.58. The number of amides is 1. The number of nitrogens with zero attached hydrogens (tertiary/aromatic N) is 3. The molecular weight excluding hydrogens is 297 g/mol. The van der Waals surface area contributed by atoms with Gasteiger partial charge in [-0.15, -0.1) is 11.6 Å². The second-order valence-corrected chi connectivity index (χ2v) is 6.09. The summed E-state index contributed by atoms with van der Waals surface area (Å²) >= 11 is 12.2. The Labute approximate surface area is 128 Å². The summed E-state index contributed by atoms with van der Waals surface area (Å²) in [5, 5.41) is 0.320. The maximum Gasteiger partial charge on any atom is 0.244 e. The van der Waals surface area contributed by atoms with Gasteiger partial charge in [-0.1, -0.05) is 11.6 Å². The number of alkyl halides is 1. The van der Waals surface area contributed by atoms with Crippen molar-refractivity contribution in [2.45, 2.75) is 25.3 Å². The molecule has 2 atom stereocenters. The first-order chi connectivity index (χ1) is 9.32. The highest BCUT2D eigenvalue weighted by Crippen LogP contribution is 2.30. The first-order valence-corrected chi connectivity index (χ1v) is 7.17. The minimum absolute atomic E-state index is 0.00202. The Morgan fingerprint density at radius 2 is 2.00 bits per heavy atom. The molecule has 2 unspecified atom stereocenters. The van der Waals surface area contributed by atoms with Gasteiger partial charge in [0.2, 0.25) is 5.91 Å². The monoisotopic (exact) mass is 313 g/mol. The van der Waals surface area contributed by atoms with E-state index >= 15 is 0 Å². The molecular formula is C14H17Cl2N3O. The second-order valence-electron chi connectivity index (χ2n) is 5.00. The molecule has 0 bridgehead atoms. The third-order valence-electron chi connectivity index (χ3n) is 3.22. The summed E-state index contributed by atoms with van der Waals surface area (Å²) in [6, 6.07) is 5.07. The number of aromatic nitrogens is 2. The Hall–Kier alpha value is -1.26. The average molecular weight is 314 g/mol. The molecule has 6 heteroatoms. The number of rotatable bonds is 3. The van der Waals surface area contributed by atoms with Gasteiger partial charge in [0.1, 0.15) is 11.9 Å². The minimum atomic E-state index is -0.368. The van der Waals surface area contributed by atoms with Crippen molar-refractivity contribution in [1.82, 2.24) is 14.5 Å². The van der Waals surface area contributed by atoms with Crippen LogP contribution in [0.3, 0.4) is 0 Å². The number of carbonyl (C=O) groups is 1. The lowest BCUT2D eigenvalue weighted by molar-refractivity contribution is -0.131. The SMILES string of the molecule is CC(Cl)c1nc2cc(Cl)ccc2n1C(C)C(=O)N(C)C. The van der Waals surface area contributed by atoms with E-state index in [4.69, 9.17) is 23.2 Å². The lowest BCUT2D eigenvalue weighted by Crippen LogP contribution is -2.30. The van der Waals surface area contributed by atoms with E-state index in [1.54, 1.807) is 31.1 Å². The summed E-state index contributed by atoms with van der Waals surface area (Å²) in [7, 11) is 3.47. The summed E-state index contributed by atoms with van der Waals surface area (Å²) in [5.41, 5.74) is 1.61. The van der Waals surface area contributed by atoms with Crippen LogP contribution >= 0.6 is 23.2 Å². The van der Waals surface area contributed by atoms with Crippen LogP contribution in [-0.4, -0.2) is 34.5 Å². The normalized spacial score (nSPS) is 14.3. The maximum atomic E-state index is 12.2. The van der Waals surface area contributed by atoms with Crippen LogP contribution in [0.15, 0.2) is 18.2 Å². The predicted molar refractivity (Wildman–Crippen MR) is 82.4 cm³/mol. The molecule has 1 aromatic heterocycles. The van der Waals surface area contributed by atoms with Crippen molar-refractivity contribution in [2.24, 2.45) is 0 Å². The van der Waals surface area contributed by atoms with Gasteiger partial charge in [0.15, 0.2) is 0 Å². The average Bonchev–Trinajstić information content (AvgIpc) is 2.75. The van der Waals surface area contributed by atoms with Crippen molar-refractivity contribution in [1.29, 1.82) is 0 Å². The van der Waals surface area contributed by atoms with Gasteiger partial charge in [-0.2, -0.15) is 0 Å². The lowest BCUT2D eigenvalue weighted by atomic mass is 10.2. The molecule has 1 amide bonds. The van der Waals surface area contributed by atoms with Crippen molar-refractivity contribution in [3.63, 3.8) is 0 Å². The van der Waals surface area contributed by atoms with Gasteiger partial charge in [-0.25, -0.2) is 4.98 Å². The van der Waals surface area contributed by atoms with Crippen LogP contribution in [0.2, 0.25) is 5.02 Å². The van der Waals surface area contributed by atoms with Gasteiger partial charge < -0.3 is 9.47 Å². The smallest absolute Gasteiger partial charge is 0.244 e. The summed E-state index contributed by atoms with van der Waals surface area (Å²) in [6.07, 6.45) is 0. The van der Waals surface area contributed by atoms with Gasteiger partial charge in [-0.05, 0) is 32.0 Å². The zero-order chi connectivity index (χ0) is 15.0. The number of benzene rings is 1. The number of hydrogen-bond acceptors (Lipinski definition) is 2. The molecule has 0 saturated heterocycles. The standard InChI is InChI=1S/C14H17Cl2N3O/c1-8(15)13-17-11-7-10(16)5-6-12(11)19(13)9(2)14(20)18(3)4/h5-9H,1-4H3. The minimum Gasteiger partial charge on any atom is -0.347 e. The zero-order valence-corrected chi connectivity index (χ0v) is 13.4. The predicted octanol–water partition coefficient (Wildman–Crippen LogP) is 3.64. The largest absolute Gasteiger partial charge is 0.347 e. The van der Waals surface area contributed by atoms with Crippen molar-refractivity contribution in [3.05, 3.63) is 29.0 Å². The van der Waals surface area contributed by atoms with Crippen molar-refractivity contribution >= 4 is 40.1 Å². The van der Waals surface area contributed by atoms with Crippen LogP contribution in [0.5, 0.6) is 0 Å². The number of fused-ring (bicyclic) bond motifs is 1. The molecule has 0 aliphatic carbocycles. The van der Waals surface area contributed by atoms with E-state index in [0.717, 1.165) is 11.0 Å². The zero-order valence-electron chi connectivity index (χ0n) is 11.9. The Balaban J connectivity index is 2.66. The third kappa shape index (κ3) is 2.63. The van der Waals surface area contributed by atoms with E-state index in [9.17, 15) is 4.79 Å². The number of imidazole rings is 1. The Morgan fingerprint density at radius 1 is 1.35 bits per heavy atom. The highest BCUT2D eigenvalue weighted by Gasteiger charge is 2.24. The number of carbonyl (C=O) groups excluding carboxylic acids is 1. The summed E-state index contributed by atoms with van der Waals surface area (Å²) < 4.78 is 1.88. The molecule has 0 saturated carbocycles. The molecule has 0 radical (unpaired) electrons. The second kappa shape index (κ2) is 5.62. The van der Waals surface area contributed by atoms with E-state index in [1.807, 2.05) is 24.5 Å². The van der Waals surface area contributed by atoms with Crippen LogP contribution in [0.4, 0.5) is 0 Å². The molecule has 0 N–H and O–H groups in total. The number of likely N-dealkylation sites (N-methyl/N-ethyl adjacent to an activating group) is 1. The third-order valence-corrected chi connectivity index (χ3v) is 3.65. The lowest BCUT2D eigenvalue weighted by Gasteiger charge is -2.21. The summed E-state index contributed by atoms with van der Waals surface area (Å²) in [4.78, 5) is 18.3. The van der Waals surface area contributed by atoms with Crippen LogP contribution in [0.25, 0.3) is 11.0 Å². The van der Waals surface area contributed by atoms with Gasteiger partial charge in [0, 0.05) is 19.1 Å². The van der Waals surface area contributed by atoms with Gasteiger partial charge in [0.25, 0.3) is 0 Å². The molecule has 0 aliphatic heterocycles. The van der Waals surface area contributed by atoms with Crippen molar-refractivity contribution in [2.75, 3.05) is 14.1 Å². The van der Waals surface area contributed by atoms with E-state index < -0.39 is 0 Å². The molecule has 4 nitrogen and oxygen atoms in total. The van der Waals surface area contributed by atoms with Crippen LogP contribution in [0, 0.1) is 0 Å². The maximum absolute atomic E-state index is 12.2. The summed E-state index contributed by atoms with van der Waals surface area (Å²) in [5.74, 6) is 0.671. The Kier molecular flexibility index (Phi) is 4.25. The molecule has 108 valence electrons.